The Balaban J connectivity index is 1.89. The fourth-order valence-electron chi connectivity index (χ4n) is 2.27. The van der Waals surface area contributed by atoms with Crippen LogP contribution in [-0.4, -0.2) is 9.61 Å². The van der Waals surface area contributed by atoms with E-state index >= 15 is 0 Å². The molecule has 2 heterocycles. The van der Waals surface area contributed by atoms with Gasteiger partial charge in [-0.2, -0.15) is 5.10 Å². The van der Waals surface area contributed by atoms with Crippen molar-refractivity contribution in [3.05, 3.63) is 71.6 Å². The second-order valence-electron chi connectivity index (χ2n) is 4.69. The molecular weight excluding hydrogens is 260 g/mol. The molecule has 0 radical (unpaired) electrons. The molecule has 102 valence electrons. The van der Waals surface area contributed by atoms with Crippen LogP contribution in [0.15, 0.2) is 48.8 Å². The van der Waals surface area contributed by atoms with Crippen molar-refractivity contribution in [2.75, 3.05) is 0 Å². The number of pyridine rings is 1. The average molecular weight is 273 g/mol. The maximum atomic E-state index is 13.2. The van der Waals surface area contributed by atoms with E-state index < -0.39 is 11.6 Å². The molecule has 0 saturated heterocycles. The summed E-state index contributed by atoms with van der Waals surface area (Å²) in [5.74, 6) is -1.70. The summed E-state index contributed by atoms with van der Waals surface area (Å²) in [6.45, 7) is 0. The summed E-state index contributed by atoms with van der Waals surface area (Å²) < 4.78 is 27.8. The minimum atomic E-state index is -0.852. The van der Waals surface area contributed by atoms with Crippen LogP contribution in [0.2, 0.25) is 0 Å². The largest absolute Gasteiger partial charge is 0.324 e. The first-order valence-corrected chi connectivity index (χ1v) is 6.27. The Morgan fingerprint density at radius 1 is 1.15 bits per heavy atom. The van der Waals surface area contributed by atoms with Crippen LogP contribution in [0, 0.1) is 11.6 Å². The molecule has 0 amide bonds. The van der Waals surface area contributed by atoms with Crippen molar-refractivity contribution in [1.29, 1.82) is 0 Å². The molecule has 5 heteroatoms. The van der Waals surface area contributed by atoms with Gasteiger partial charge in [-0.1, -0.05) is 12.1 Å². The minimum Gasteiger partial charge on any atom is -0.324 e. The number of benzene rings is 1. The van der Waals surface area contributed by atoms with E-state index in [1.54, 1.807) is 16.8 Å². The molecule has 1 atom stereocenters. The maximum Gasteiger partial charge on any atom is 0.159 e. The SMILES string of the molecule is NC(Cc1ccc(F)c(F)c1)c1cnn2ccccc12. The second-order valence-corrected chi connectivity index (χ2v) is 4.69. The highest BCUT2D eigenvalue weighted by Gasteiger charge is 2.13. The number of fused-ring (bicyclic) bond motifs is 1. The first-order valence-electron chi connectivity index (χ1n) is 6.27. The van der Waals surface area contributed by atoms with Gasteiger partial charge in [0.25, 0.3) is 0 Å². The highest BCUT2D eigenvalue weighted by atomic mass is 19.2. The molecule has 0 aliphatic rings. The van der Waals surface area contributed by atoms with Crippen LogP contribution in [0.1, 0.15) is 17.2 Å². The maximum absolute atomic E-state index is 13.2. The summed E-state index contributed by atoms with van der Waals surface area (Å²) in [6, 6.07) is 9.24. The van der Waals surface area contributed by atoms with E-state index in [2.05, 4.69) is 5.10 Å². The van der Waals surface area contributed by atoms with Crippen LogP contribution in [0.25, 0.3) is 5.52 Å². The van der Waals surface area contributed by atoms with Gasteiger partial charge in [0.2, 0.25) is 0 Å². The van der Waals surface area contributed by atoms with E-state index in [1.807, 2.05) is 24.4 Å². The molecule has 2 N–H and O–H groups in total. The number of hydrogen-bond acceptors (Lipinski definition) is 2. The first kappa shape index (κ1) is 12.7. The fourth-order valence-corrected chi connectivity index (χ4v) is 2.27. The quantitative estimate of drug-likeness (QED) is 0.797. The van der Waals surface area contributed by atoms with Crippen molar-refractivity contribution in [3.63, 3.8) is 0 Å². The Morgan fingerprint density at radius 3 is 2.80 bits per heavy atom. The van der Waals surface area contributed by atoms with Gasteiger partial charge >= 0.3 is 0 Å². The third-order valence-electron chi connectivity index (χ3n) is 3.30. The van der Waals surface area contributed by atoms with Gasteiger partial charge in [0.1, 0.15) is 0 Å². The number of nitrogens with two attached hydrogens (primary N) is 1. The van der Waals surface area contributed by atoms with Crippen molar-refractivity contribution in [2.45, 2.75) is 12.5 Å². The Morgan fingerprint density at radius 2 is 2.00 bits per heavy atom. The Bertz CT molecular complexity index is 752. The number of halogens is 2. The van der Waals surface area contributed by atoms with Gasteiger partial charge in [0.05, 0.1) is 11.7 Å². The summed E-state index contributed by atoms with van der Waals surface area (Å²) in [6.07, 6.45) is 3.97. The van der Waals surface area contributed by atoms with Crippen LogP contribution in [0.3, 0.4) is 0 Å². The van der Waals surface area contributed by atoms with E-state index in [1.165, 1.54) is 6.07 Å². The zero-order valence-corrected chi connectivity index (χ0v) is 10.6. The molecule has 0 aliphatic carbocycles. The van der Waals surface area contributed by atoms with Gasteiger partial charge in [0.15, 0.2) is 11.6 Å². The van der Waals surface area contributed by atoms with Crippen LogP contribution in [-0.2, 0) is 6.42 Å². The molecule has 3 rings (SSSR count). The van der Waals surface area contributed by atoms with E-state index in [4.69, 9.17) is 5.73 Å². The molecule has 0 bridgehead atoms. The van der Waals surface area contributed by atoms with Crippen molar-refractivity contribution in [2.24, 2.45) is 5.73 Å². The molecule has 0 fully saturated rings. The molecule has 20 heavy (non-hydrogen) atoms. The molecule has 2 aromatic heterocycles. The lowest BCUT2D eigenvalue weighted by atomic mass is 10.0. The summed E-state index contributed by atoms with van der Waals surface area (Å²) >= 11 is 0. The van der Waals surface area contributed by atoms with Crippen LogP contribution >= 0.6 is 0 Å². The molecule has 0 aliphatic heterocycles. The predicted molar refractivity (Wildman–Crippen MR) is 72.2 cm³/mol. The normalized spacial score (nSPS) is 12.8. The lowest BCUT2D eigenvalue weighted by Crippen LogP contribution is -2.13. The highest BCUT2D eigenvalue weighted by molar-refractivity contribution is 5.55. The Hall–Kier alpha value is -2.27. The van der Waals surface area contributed by atoms with Gasteiger partial charge in [-0.25, -0.2) is 13.3 Å². The number of rotatable bonds is 3. The topological polar surface area (TPSA) is 43.3 Å². The van der Waals surface area contributed by atoms with Crippen LogP contribution in [0.4, 0.5) is 8.78 Å². The Labute approximate surface area is 114 Å². The molecule has 3 nitrogen and oxygen atoms in total. The number of nitrogens with zero attached hydrogens (tertiary/aromatic N) is 2. The lowest BCUT2D eigenvalue weighted by Gasteiger charge is -2.10. The molecule has 1 aromatic carbocycles. The Kier molecular flexibility index (Phi) is 3.20. The van der Waals surface area contributed by atoms with Crippen molar-refractivity contribution in [1.82, 2.24) is 9.61 Å². The third-order valence-corrected chi connectivity index (χ3v) is 3.30. The van der Waals surface area contributed by atoms with Crippen molar-refractivity contribution >= 4 is 5.52 Å². The van der Waals surface area contributed by atoms with Crippen molar-refractivity contribution < 1.29 is 8.78 Å². The molecular formula is C15H13F2N3. The second kappa shape index (κ2) is 5.02. The van der Waals surface area contributed by atoms with Crippen LogP contribution < -0.4 is 5.73 Å². The van der Waals surface area contributed by atoms with Gasteiger partial charge in [-0.15, -0.1) is 0 Å². The zero-order valence-electron chi connectivity index (χ0n) is 10.6. The zero-order chi connectivity index (χ0) is 14.1. The van der Waals surface area contributed by atoms with E-state index in [9.17, 15) is 8.78 Å². The summed E-state index contributed by atoms with van der Waals surface area (Å²) in [4.78, 5) is 0. The van der Waals surface area contributed by atoms with Gasteiger partial charge in [-0.05, 0) is 36.2 Å². The molecule has 0 spiro atoms. The lowest BCUT2D eigenvalue weighted by molar-refractivity contribution is 0.506. The summed E-state index contributed by atoms with van der Waals surface area (Å²) in [5.41, 5.74) is 8.62. The standard InChI is InChI=1S/C15H13F2N3/c16-12-5-4-10(7-13(12)17)8-14(18)11-9-19-20-6-2-1-3-15(11)20/h1-7,9,14H,8,18H2. The fraction of sp³-hybridized carbons (Fsp3) is 0.133. The number of hydrogen-bond donors (Lipinski definition) is 1. The van der Waals surface area contributed by atoms with E-state index in [0.29, 0.717) is 12.0 Å². The predicted octanol–water partition coefficient (Wildman–Crippen LogP) is 2.86. The van der Waals surface area contributed by atoms with E-state index in [0.717, 1.165) is 17.1 Å². The minimum absolute atomic E-state index is 0.320. The van der Waals surface area contributed by atoms with E-state index in [-0.39, 0.29) is 6.04 Å². The summed E-state index contributed by atoms with van der Waals surface area (Å²) in [7, 11) is 0. The average Bonchev–Trinajstić information content (AvgIpc) is 2.87. The smallest absolute Gasteiger partial charge is 0.159 e. The third kappa shape index (κ3) is 2.28. The molecule has 3 aromatic rings. The van der Waals surface area contributed by atoms with Crippen LogP contribution in [0.5, 0.6) is 0 Å². The number of aromatic nitrogens is 2. The van der Waals surface area contributed by atoms with Gasteiger partial charge < -0.3 is 5.73 Å². The monoisotopic (exact) mass is 273 g/mol. The first-order chi connectivity index (χ1) is 9.65. The summed E-state index contributed by atoms with van der Waals surface area (Å²) in [5, 5.41) is 4.22. The van der Waals surface area contributed by atoms with Gasteiger partial charge in [0, 0.05) is 17.8 Å². The van der Waals surface area contributed by atoms with Crippen molar-refractivity contribution in [3.8, 4) is 0 Å². The van der Waals surface area contributed by atoms with Gasteiger partial charge in [-0.3, -0.25) is 0 Å². The molecule has 1 unspecified atom stereocenters. The highest BCUT2D eigenvalue weighted by Crippen LogP contribution is 2.21. The molecule has 0 saturated carbocycles.